The van der Waals surface area contributed by atoms with Gasteiger partial charge >= 0.3 is 5.97 Å². The minimum atomic E-state index is -3.85. The lowest BCUT2D eigenvalue weighted by atomic mass is 10.4. The topological polar surface area (TPSA) is 92.5 Å². The van der Waals surface area contributed by atoms with Crippen molar-refractivity contribution in [3.8, 4) is 0 Å². The van der Waals surface area contributed by atoms with Crippen LogP contribution >= 0.6 is 0 Å². The number of carbonyl (C=O) groups is 1. The second-order valence-electron chi connectivity index (χ2n) is 3.79. The van der Waals surface area contributed by atoms with Crippen LogP contribution in [-0.2, 0) is 21.9 Å². The summed E-state index contributed by atoms with van der Waals surface area (Å²) in [7, 11) is -1.11. The first-order valence-electron chi connectivity index (χ1n) is 4.89. The SMILES string of the molecule is Cc1cnn(C)c1S(=O)(=O)N(C)C(C)C(=O)O. The minimum Gasteiger partial charge on any atom is -0.480 e. The molecule has 1 unspecified atom stereocenters. The van der Waals surface area contributed by atoms with Crippen LogP contribution in [0, 0.1) is 6.92 Å². The molecule has 7 nitrogen and oxygen atoms in total. The van der Waals surface area contributed by atoms with Gasteiger partial charge in [0.25, 0.3) is 10.0 Å². The van der Waals surface area contributed by atoms with Gasteiger partial charge in [-0.1, -0.05) is 0 Å². The number of carboxylic acids is 1. The molecule has 1 aromatic rings. The number of sulfonamides is 1. The number of aromatic nitrogens is 2. The fraction of sp³-hybridized carbons (Fsp3) is 0.556. The molecule has 0 saturated heterocycles. The van der Waals surface area contributed by atoms with Gasteiger partial charge in [0, 0.05) is 19.7 Å². The Morgan fingerprint density at radius 1 is 1.59 bits per heavy atom. The van der Waals surface area contributed by atoms with Crippen LogP contribution in [0.5, 0.6) is 0 Å². The summed E-state index contributed by atoms with van der Waals surface area (Å²) in [5.74, 6) is -1.20. The molecule has 8 heteroatoms. The van der Waals surface area contributed by atoms with Crippen molar-refractivity contribution >= 4 is 16.0 Å². The summed E-state index contributed by atoms with van der Waals surface area (Å²) in [5.41, 5.74) is 0.483. The van der Waals surface area contributed by atoms with Gasteiger partial charge in [0.2, 0.25) is 0 Å². The van der Waals surface area contributed by atoms with Gasteiger partial charge in [-0.25, -0.2) is 8.42 Å². The fourth-order valence-corrected chi connectivity index (χ4v) is 3.03. The Morgan fingerprint density at radius 2 is 2.12 bits per heavy atom. The number of rotatable bonds is 4. The van der Waals surface area contributed by atoms with E-state index in [4.69, 9.17) is 5.11 Å². The highest BCUT2D eigenvalue weighted by Gasteiger charge is 2.32. The van der Waals surface area contributed by atoms with Crippen LogP contribution in [0.25, 0.3) is 0 Å². The van der Waals surface area contributed by atoms with E-state index in [1.54, 1.807) is 6.92 Å². The zero-order valence-electron chi connectivity index (χ0n) is 10.1. The summed E-state index contributed by atoms with van der Waals surface area (Å²) >= 11 is 0. The van der Waals surface area contributed by atoms with E-state index in [2.05, 4.69) is 5.10 Å². The molecule has 0 aromatic carbocycles. The number of likely N-dealkylation sites (N-methyl/N-ethyl adjacent to an activating group) is 1. The van der Waals surface area contributed by atoms with E-state index in [0.29, 0.717) is 5.56 Å². The molecular formula is C9H15N3O4S. The number of hydrogen-bond acceptors (Lipinski definition) is 4. The van der Waals surface area contributed by atoms with Gasteiger partial charge in [0.05, 0.1) is 6.20 Å². The third-order valence-electron chi connectivity index (χ3n) is 2.58. The van der Waals surface area contributed by atoms with E-state index in [1.165, 1.54) is 31.9 Å². The van der Waals surface area contributed by atoms with Crippen molar-refractivity contribution in [2.45, 2.75) is 24.9 Å². The summed E-state index contributed by atoms with van der Waals surface area (Å²) in [4.78, 5) is 10.8. The van der Waals surface area contributed by atoms with Crippen LogP contribution in [0.4, 0.5) is 0 Å². The molecule has 0 spiro atoms. The summed E-state index contributed by atoms with van der Waals surface area (Å²) in [6, 6.07) is -1.13. The Labute approximate surface area is 99.7 Å². The van der Waals surface area contributed by atoms with Crippen LogP contribution in [0.1, 0.15) is 12.5 Å². The Bertz CT molecular complexity index is 515. The molecule has 17 heavy (non-hydrogen) atoms. The maximum atomic E-state index is 12.2. The molecule has 1 N–H and O–H groups in total. The van der Waals surface area contributed by atoms with Gasteiger partial charge in [-0.2, -0.15) is 9.40 Å². The average molecular weight is 261 g/mol. The van der Waals surface area contributed by atoms with Crippen molar-refractivity contribution in [1.29, 1.82) is 0 Å². The predicted molar refractivity (Wildman–Crippen MR) is 60.0 cm³/mol. The van der Waals surface area contributed by atoms with E-state index >= 15 is 0 Å². The monoisotopic (exact) mass is 261 g/mol. The van der Waals surface area contributed by atoms with Gasteiger partial charge in [-0.05, 0) is 13.8 Å². The molecule has 1 rings (SSSR count). The van der Waals surface area contributed by atoms with Crippen molar-refractivity contribution < 1.29 is 18.3 Å². The van der Waals surface area contributed by atoms with Crippen molar-refractivity contribution in [2.75, 3.05) is 7.05 Å². The van der Waals surface area contributed by atoms with E-state index in [-0.39, 0.29) is 5.03 Å². The first-order chi connectivity index (χ1) is 7.69. The number of carboxylic acid groups (broad SMARTS) is 1. The lowest BCUT2D eigenvalue weighted by Gasteiger charge is -2.21. The maximum Gasteiger partial charge on any atom is 0.321 e. The smallest absolute Gasteiger partial charge is 0.321 e. The first-order valence-corrected chi connectivity index (χ1v) is 6.33. The molecule has 1 aromatic heterocycles. The van der Waals surface area contributed by atoms with Gasteiger partial charge in [0.1, 0.15) is 6.04 Å². The molecule has 0 radical (unpaired) electrons. The van der Waals surface area contributed by atoms with Crippen molar-refractivity contribution in [2.24, 2.45) is 7.05 Å². The lowest BCUT2D eigenvalue weighted by Crippen LogP contribution is -2.41. The normalized spacial score (nSPS) is 13.9. The molecule has 96 valence electrons. The zero-order chi connectivity index (χ0) is 13.4. The molecule has 0 aliphatic rings. The minimum absolute atomic E-state index is 0.00750. The van der Waals surface area contributed by atoms with Crippen LogP contribution in [-0.4, -0.2) is 46.7 Å². The van der Waals surface area contributed by atoms with Crippen LogP contribution < -0.4 is 0 Å². The Morgan fingerprint density at radius 3 is 2.47 bits per heavy atom. The Hall–Kier alpha value is -1.41. The van der Waals surface area contributed by atoms with Crippen LogP contribution in [0.2, 0.25) is 0 Å². The summed E-state index contributed by atoms with van der Waals surface area (Å²) in [6.07, 6.45) is 1.42. The quantitative estimate of drug-likeness (QED) is 0.811. The molecule has 1 heterocycles. The van der Waals surface area contributed by atoms with Crippen molar-refractivity contribution in [3.05, 3.63) is 11.8 Å². The maximum absolute atomic E-state index is 12.2. The lowest BCUT2D eigenvalue weighted by molar-refractivity contribution is -0.140. The van der Waals surface area contributed by atoms with Gasteiger partial charge in [-0.3, -0.25) is 9.48 Å². The summed E-state index contributed by atoms with van der Waals surface area (Å²) < 4.78 is 26.4. The second-order valence-corrected chi connectivity index (χ2v) is 5.70. The summed E-state index contributed by atoms with van der Waals surface area (Å²) in [6.45, 7) is 2.92. The molecule has 0 amide bonds. The highest BCUT2D eigenvalue weighted by Crippen LogP contribution is 2.19. The zero-order valence-corrected chi connectivity index (χ0v) is 10.9. The van der Waals surface area contributed by atoms with Gasteiger partial charge in [-0.15, -0.1) is 0 Å². The molecule has 0 fully saturated rings. The van der Waals surface area contributed by atoms with Gasteiger partial charge < -0.3 is 5.11 Å². The average Bonchev–Trinajstić information content (AvgIpc) is 2.56. The third-order valence-corrected chi connectivity index (χ3v) is 4.73. The highest BCUT2D eigenvalue weighted by atomic mass is 32.2. The van der Waals surface area contributed by atoms with Crippen LogP contribution in [0.3, 0.4) is 0 Å². The van der Waals surface area contributed by atoms with Crippen molar-refractivity contribution in [1.82, 2.24) is 14.1 Å². The molecule has 0 saturated carbocycles. The molecule has 1 atom stereocenters. The standard InChI is InChI=1S/C9H15N3O4S/c1-6-5-10-11(3)8(6)17(15,16)12(4)7(2)9(13)14/h5,7H,1-4H3,(H,13,14). The fourth-order valence-electron chi connectivity index (χ4n) is 1.41. The number of nitrogens with zero attached hydrogens (tertiary/aromatic N) is 3. The molecule has 0 aliphatic heterocycles. The van der Waals surface area contributed by atoms with E-state index < -0.39 is 22.0 Å². The number of hydrogen-bond donors (Lipinski definition) is 1. The molecular weight excluding hydrogens is 246 g/mol. The predicted octanol–water partition coefficient (Wildman–Crippen LogP) is -0.178. The van der Waals surface area contributed by atoms with Crippen molar-refractivity contribution in [3.63, 3.8) is 0 Å². The van der Waals surface area contributed by atoms with E-state index in [9.17, 15) is 13.2 Å². The van der Waals surface area contributed by atoms with E-state index in [0.717, 1.165) is 4.31 Å². The van der Waals surface area contributed by atoms with Gasteiger partial charge in [0.15, 0.2) is 5.03 Å². The largest absolute Gasteiger partial charge is 0.480 e. The molecule has 0 bridgehead atoms. The first kappa shape index (κ1) is 13.7. The second kappa shape index (κ2) is 4.46. The third kappa shape index (κ3) is 2.32. The Kier molecular flexibility index (Phi) is 3.58. The number of aryl methyl sites for hydroxylation is 2. The number of aliphatic carboxylic acids is 1. The Balaban J connectivity index is 3.26. The van der Waals surface area contributed by atoms with Crippen LogP contribution in [0.15, 0.2) is 11.2 Å². The summed E-state index contributed by atoms with van der Waals surface area (Å²) in [5, 5.41) is 12.7. The molecule has 0 aliphatic carbocycles. The highest BCUT2D eigenvalue weighted by molar-refractivity contribution is 7.89. The van der Waals surface area contributed by atoms with E-state index in [1.807, 2.05) is 0 Å².